The van der Waals surface area contributed by atoms with Crippen LogP contribution in [0.4, 0.5) is 42.1 Å². The van der Waals surface area contributed by atoms with E-state index in [0.29, 0.717) is 12.1 Å². The quantitative estimate of drug-likeness (QED) is 0.286. The van der Waals surface area contributed by atoms with Crippen LogP contribution >= 0.6 is 0 Å². The summed E-state index contributed by atoms with van der Waals surface area (Å²) in [5.74, 6) is -6.01. The Morgan fingerprint density at radius 3 is 2.06 bits per heavy atom. The summed E-state index contributed by atoms with van der Waals surface area (Å²) in [7, 11) is -4.56. The Hall–Kier alpha value is -3.30. The van der Waals surface area contributed by atoms with Crippen LogP contribution in [0.3, 0.4) is 0 Å². The second-order valence-corrected chi connectivity index (χ2v) is 7.99. The highest BCUT2D eigenvalue weighted by molar-refractivity contribution is 7.92. The Morgan fingerprint density at radius 2 is 1.55 bits per heavy atom. The van der Waals surface area contributed by atoms with Crippen molar-refractivity contribution in [2.45, 2.75) is 23.4 Å². The minimum atomic E-state index is -4.82. The molecule has 0 atom stereocenters. The number of nitrogens with zero attached hydrogens (tertiary/aromatic N) is 1. The van der Waals surface area contributed by atoms with Crippen LogP contribution in [0.5, 0.6) is 11.5 Å². The first-order valence-electron chi connectivity index (χ1n) is 8.50. The summed E-state index contributed by atoms with van der Waals surface area (Å²) in [5, 5.41) is 10.8. The molecule has 0 amide bonds. The van der Waals surface area contributed by atoms with E-state index in [1.165, 1.54) is 0 Å². The van der Waals surface area contributed by atoms with Crippen LogP contribution in [0.2, 0.25) is 0 Å². The summed E-state index contributed by atoms with van der Waals surface area (Å²) in [6, 6.07) is 5.82. The molecule has 33 heavy (non-hydrogen) atoms. The van der Waals surface area contributed by atoms with Gasteiger partial charge >= 0.3 is 18.5 Å². The van der Waals surface area contributed by atoms with Crippen molar-refractivity contribution in [3.05, 3.63) is 52.6 Å². The summed E-state index contributed by atoms with van der Waals surface area (Å²) >= 11 is 0. The number of alkyl halides is 7. The number of rotatable bonds is 10. The number of nitro benzene ring substituents is 1. The molecule has 0 bridgehead atoms. The van der Waals surface area contributed by atoms with E-state index in [1.54, 1.807) is 0 Å². The molecule has 0 spiro atoms. The number of benzene rings is 2. The van der Waals surface area contributed by atoms with Gasteiger partial charge in [0.1, 0.15) is 11.5 Å². The van der Waals surface area contributed by atoms with Gasteiger partial charge in [0.25, 0.3) is 15.7 Å². The second-order valence-electron chi connectivity index (χ2n) is 6.31. The topological polar surface area (TPSA) is 108 Å². The van der Waals surface area contributed by atoms with Gasteiger partial charge in [-0.1, -0.05) is 6.07 Å². The molecule has 0 saturated carbocycles. The molecule has 0 aliphatic carbocycles. The molecule has 2 rings (SSSR count). The lowest BCUT2D eigenvalue weighted by atomic mass is 10.3. The number of hydrogen-bond donors (Lipinski definition) is 1. The first kappa shape index (κ1) is 26.0. The van der Waals surface area contributed by atoms with Crippen LogP contribution < -0.4 is 14.2 Å². The normalized spacial score (nSPS) is 12.5. The molecule has 0 heterocycles. The number of non-ortho nitro benzene ring substituents is 1. The summed E-state index contributed by atoms with van der Waals surface area (Å²) in [6.45, 7) is -3.72. The number of anilines is 1. The molecule has 2 aromatic rings. The van der Waals surface area contributed by atoms with Gasteiger partial charge in [-0.15, -0.1) is 0 Å². The molecule has 16 heteroatoms. The van der Waals surface area contributed by atoms with E-state index in [0.717, 1.165) is 30.3 Å². The molecular weight excluding hydrogens is 493 g/mol. The van der Waals surface area contributed by atoms with E-state index in [9.17, 15) is 49.3 Å². The highest BCUT2D eigenvalue weighted by Crippen LogP contribution is 2.31. The van der Waals surface area contributed by atoms with Crippen LogP contribution in [-0.2, 0) is 10.0 Å². The van der Waals surface area contributed by atoms with E-state index in [2.05, 4.69) is 9.47 Å². The van der Waals surface area contributed by atoms with E-state index < -0.39 is 74.5 Å². The molecule has 0 radical (unpaired) electrons. The number of halogens is 7. The zero-order chi connectivity index (χ0) is 25.0. The Morgan fingerprint density at radius 1 is 0.970 bits per heavy atom. The molecule has 2 aromatic carbocycles. The molecule has 0 aliphatic heterocycles. The molecule has 0 saturated heterocycles. The smallest absolute Gasteiger partial charge is 0.422 e. The minimum Gasteiger partial charge on any atom is -0.487 e. The Balaban J connectivity index is 2.37. The highest BCUT2D eigenvalue weighted by Gasteiger charge is 2.41. The zero-order valence-corrected chi connectivity index (χ0v) is 16.8. The average Bonchev–Trinajstić information content (AvgIpc) is 2.70. The van der Waals surface area contributed by atoms with Crippen molar-refractivity contribution in [1.29, 1.82) is 0 Å². The van der Waals surface area contributed by atoms with Crippen molar-refractivity contribution < 1.29 is 53.5 Å². The largest absolute Gasteiger partial charge is 0.487 e. The molecular formula is C17H13F7N2O6S. The van der Waals surface area contributed by atoms with Crippen molar-refractivity contribution in [1.82, 2.24) is 0 Å². The van der Waals surface area contributed by atoms with E-state index >= 15 is 0 Å². The van der Waals surface area contributed by atoms with E-state index in [-0.39, 0.29) is 0 Å². The highest BCUT2D eigenvalue weighted by atomic mass is 32.2. The van der Waals surface area contributed by atoms with Crippen LogP contribution in [0.1, 0.15) is 0 Å². The number of hydrogen-bond acceptors (Lipinski definition) is 6. The van der Waals surface area contributed by atoms with Crippen molar-refractivity contribution >= 4 is 21.4 Å². The molecule has 1 N–H and O–H groups in total. The first-order chi connectivity index (χ1) is 15.1. The first-order valence-corrected chi connectivity index (χ1v) is 9.98. The average molecular weight is 506 g/mol. The standard InChI is InChI=1S/C17H13F7N2O6S/c18-15(19)16(20,21)8-31-12-4-10(5-13(7-12)32-9-17(22,23)24)25-33(29,30)14-3-1-2-11(6-14)26(27)28/h1-7,15,25H,8-9H2. The van der Waals surface area contributed by atoms with Crippen LogP contribution in [0.15, 0.2) is 47.4 Å². The lowest BCUT2D eigenvalue weighted by molar-refractivity contribution is -0.385. The molecule has 182 valence electrons. The van der Waals surface area contributed by atoms with Crippen LogP contribution in [0.25, 0.3) is 0 Å². The number of nitro groups is 1. The van der Waals surface area contributed by atoms with Gasteiger partial charge in [0.15, 0.2) is 13.2 Å². The fraction of sp³-hybridized carbons (Fsp3) is 0.294. The van der Waals surface area contributed by atoms with E-state index in [4.69, 9.17) is 0 Å². The Labute approximate surface area is 181 Å². The van der Waals surface area contributed by atoms with Crippen LogP contribution in [-0.4, -0.2) is 45.1 Å². The molecule has 0 aromatic heterocycles. The summed E-state index contributed by atoms with van der Waals surface area (Å²) in [6.07, 6.45) is -8.92. The third kappa shape index (κ3) is 7.65. The predicted molar refractivity (Wildman–Crippen MR) is 98.3 cm³/mol. The van der Waals surface area contributed by atoms with Gasteiger partial charge in [0.2, 0.25) is 0 Å². The SMILES string of the molecule is O=[N+]([O-])c1cccc(S(=O)(=O)Nc2cc(OCC(F)(F)F)cc(OCC(F)(F)C(F)F)c2)c1. The monoisotopic (exact) mass is 506 g/mol. The Bertz CT molecular complexity index is 1110. The maximum absolute atomic E-state index is 13.1. The number of nitrogens with one attached hydrogen (secondary N) is 1. The molecule has 0 fully saturated rings. The van der Waals surface area contributed by atoms with Gasteiger partial charge < -0.3 is 9.47 Å². The zero-order valence-electron chi connectivity index (χ0n) is 16.0. The van der Waals surface area contributed by atoms with Crippen molar-refractivity contribution in [2.24, 2.45) is 0 Å². The Kier molecular flexibility index (Phi) is 7.61. The predicted octanol–water partition coefficient (Wildman–Crippen LogP) is 4.62. The van der Waals surface area contributed by atoms with Crippen molar-refractivity contribution in [3.8, 4) is 11.5 Å². The molecule has 0 unspecified atom stereocenters. The minimum absolute atomic E-state index is 0.559. The maximum atomic E-state index is 13.1. The van der Waals surface area contributed by atoms with Gasteiger partial charge in [-0.05, 0) is 6.07 Å². The second kappa shape index (κ2) is 9.68. The summed E-state index contributed by atoms with van der Waals surface area (Å²) in [5.41, 5.74) is -1.14. The fourth-order valence-corrected chi connectivity index (χ4v) is 3.26. The lowest BCUT2D eigenvalue weighted by Gasteiger charge is -2.18. The van der Waals surface area contributed by atoms with Crippen molar-refractivity contribution in [3.63, 3.8) is 0 Å². The summed E-state index contributed by atoms with van der Waals surface area (Å²) in [4.78, 5) is 9.35. The summed E-state index contributed by atoms with van der Waals surface area (Å²) < 4.78 is 124. The number of sulfonamides is 1. The third-order valence-electron chi connectivity index (χ3n) is 3.62. The molecule has 8 nitrogen and oxygen atoms in total. The lowest BCUT2D eigenvalue weighted by Crippen LogP contribution is -2.33. The van der Waals surface area contributed by atoms with Gasteiger partial charge in [-0.25, -0.2) is 17.2 Å². The van der Waals surface area contributed by atoms with Gasteiger partial charge in [-0.3, -0.25) is 14.8 Å². The van der Waals surface area contributed by atoms with Crippen LogP contribution in [0, 0.1) is 10.1 Å². The van der Waals surface area contributed by atoms with Gasteiger partial charge in [0, 0.05) is 30.3 Å². The number of ether oxygens (including phenoxy) is 2. The van der Waals surface area contributed by atoms with Crippen molar-refractivity contribution in [2.75, 3.05) is 17.9 Å². The van der Waals surface area contributed by atoms with Gasteiger partial charge in [0.05, 0.1) is 15.5 Å². The molecule has 0 aliphatic rings. The fourth-order valence-electron chi connectivity index (χ4n) is 2.18. The van der Waals surface area contributed by atoms with Gasteiger partial charge in [-0.2, -0.15) is 22.0 Å². The van der Waals surface area contributed by atoms with E-state index in [1.807, 2.05) is 4.72 Å². The maximum Gasteiger partial charge on any atom is 0.422 e. The third-order valence-corrected chi connectivity index (χ3v) is 5.00.